The number of aliphatic hydroxyl groups excluding tert-OH is 1. The predicted molar refractivity (Wildman–Crippen MR) is 50.4 cm³/mol. The maximum atomic E-state index is 10.5. The molecular weight excluding hydrogens is 168 g/mol. The highest BCUT2D eigenvalue weighted by atomic mass is 16.2. The van der Waals surface area contributed by atoms with Gasteiger partial charge >= 0.3 is 6.03 Å². The molecule has 0 bridgehead atoms. The summed E-state index contributed by atoms with van der Waals surface area (Å²) in [4.78, 5) is 10.5. The lowest BCUT2D eigenvalue weighted by atomic mass is 10.1. The number of hydrogen-bond donors (Lipinski definition) is 3. The Morgan fingerprint density at radius 2 is 2.31 bits per heavy atom. The van der Waals surface area contributed by atoms with E-state index in [9.17, 15) is 4.79 Å². The standard InChI is InChI=1S/C9H12N2O2/c10-9(13)11-8-3-1-2-7(6-8)4-5-12/h1-3,6,12H,4-5H2,(H3,10,11,13). The Morgan fingerprint density at radius 3 is 2.92 bits per heavy atom. The molecule has 0 aliphatic carbocycles. The van der Waals surface area contributed by atoms with Crippen LogP contribution in [0.5, 0.6) is 0 Å². The van der Waals surface area contributed by atoms with Crippen molar-refractivity contribution < 1.29 is 9.90 Å². The van der Waals surface area contributed by atoms with Gasteiger partial charge in [-0.15, -0.1) is 0 Å². The molecule has 0 radical (unpaired) electrons. The molecule has 0 aliphatic heterocycles. The zero-order valence-electron chi connectivity index (χ0n) is 7.16. The number of hydrogen-bond acceptors (Lipinski definition) is 2. The van der Waals surface area contributed by atoms with E-state index in [1.54, 1.807) is 18.2 Å². The topological polar surface area (TPSA) is 75.4 Å². The van der Waals surface area contributed by atoms with Crippen molar-refractivity contribution >= 4 is 11.7 Å². The van der Waals surface area contributed by atoms with E-state index in [4.69, 9.17) is 10.8 Å². The van der Waals surface area contributed by atoms with E-state index >= 15 is 0 Å². The van der Waals surface area contributed by atoms with Crippen LogP contribution >= 0.6 is 0 Å². The summed E-state index contributed by atoms with van der Waals surface area (Å²) in [5.74, 6) is 0. The molecule has 0 spiro atoms. The van der Waals surface area contributed by atoms with Crippen LogP contribution in [-0.2, 0) is 6.42 Å². The molecule has 0 unspecified atom stereocenters. The maximum absolute atomic E-state index is 10.5. The Morgan fingerprint density at radius 1 is 1.54 bits per heavy atom. The summed E-state index contributed by atoms with van der Waals surface area (Å²) in [6.45, 7) is 0.0972. The number of urea groups is 1. The minimum Gasteiger partial charge on any atom is -0.396 e. The number of primary amides is 1. The van der Waals surface area contributed by atoms with Crippen LogP contribution in [0.1, 0.15) is 5.56 Å². The molecule has 70 valence electrons. The molecule has 0 fully saturated rings. The lowest BCUT2D eigenvalue weighted by Gasteiger charge is -2.03. The first-order chi connectivity index (χ1) is 6.22. The molecule has 4 nitrogen and oxygen atoms in total. The van der Waals surface area contributed by atoms with Gasteiger partial charge in [0.1, 0.15) is 0 Å². The van der Waals surface area contributed by atoms with Crippen molar-refractivity contribution in [2.24, 2.45) is 5.73 Å². The zero-order chi connectivity index (χ0) is 9.68. The molecule has 13 heavy (non-hydrogen) atoms. The van der Waals surface area contributed by atoms with Crippen LogP contribution in [0.15, 0.2) is 24.3 Å². The van der Waals surface area contributed by atoms with Gasteiger partial charge in [0.05, 0.1) is 0 Å². The van der Waals surface area contributed by atoms with Crippen LogP contribution in [0, 0.1) is 0 Å². The summed E-state index contributed by atoms with van der Waals surface area (Å²) >= 11 is 0. The summed E-state index contributed by atoms with van der Waals surface area (Å²) < 4.78 is 0. The van der Waals surface area contributed by atoms with E-state index in [1.807, 2.05) is 6.07 Å². The van der Waals surface area contributed by atoms with Gasteiger partial charge in [0, 0.05) is 12.3 Å². The van der Waals surface area contributed by atoms with Crippen LogP contribution in [0.2, 0.25) is 0 Å². The van der Waals surface area contributed by atoms with Gasteiger partial charge in [-0.05, 0) is 24.1 Å². The van der Waals surface area contributed by atoms with Crippen LogP contribution in [0.4, 0.5) is 10.5 Å². The Kier molecular flexibility index (Phi) is 3.28. The second-order valence-corrected chi connectivity index (χ2v) is 2.66. The van der Waals surface area contributed by atoms with E-state index in [0.717, 1.165) is 5.56 Å². The third-order valence-electron chi connectivity index (χ3n) is 1.59. The smallest absolute Gasteiger partial charge is 0.316 e. The molecular formula is C9H12N2O2. The number of benzene rings is 1. The van der Waals surface area contributed by atoms with Gasteiger partial charge in [-0.2, -0.15) is 0 Å². The second kappa shape index (κ2) is 4.47. The number of amides is 2. The second-order valence-electron chi connectivity index (χ2n) is 2.66. The maximum Gasteiger partial charge on any atom is 0.316 e. The van der Waals surface area contributed by atoms with Crippen molar-refractivity contribution in [2.45, 2.75) is 6.42 Å². The van der Waals surface area contributed by atoms with Gasteiger partial charge < -0.3 is 16.2 Å². The number of aliphatic hydroxyl groups is 1. The zero-order valence-corrected chi connectivity index (χ0v) is 7.16. The molecule has 2 amide bonds. The summed E-state index contributed by atoms with van der Waals surface area (Å²) in [6, 6.07) is 6.62. The molecule has 0 aromatic heterocycles. The highest BCUT2D eigenvalue weighted by Gasteiger charge is 1.97. The Balaban J connectivity index is 2.73. The molecule has 4 N–H and O–H groups in total. The highest BCUT2D eigenvalue weighted by molar-refractivity contribution is 5.87. The Labute approximate surface area is 76.4 Å². The molecule has 0 saturated heterocycles. The molecule has 0 heterocycles. The molecule has 0 aliphatic rings. The van der Waals surface area contributed by atoms with Gasteiger partial charge in [0.25, 0.3) is 0 Å². The third-order valence-corrected chi connectivity index (χ3v) is 1.59. The van der Waals surface area contributed by atoms with Gasteiger partial charge in [-0.25, -0.2) is 4.79 Å². The number of nitrogens with two attached hydrogens (primary N) is 1. The SMILES string of the molecule is NC(=O)Nc1cccc(CCO)c1. The normalized spacial score (nSPS) is 9.62. The first kappa shape index (κ1) is 9.54. The lowest BCUT2D eigenvalue weighted by Crippen LogP contribution is -2.19. The van der Waals surface area contributed by atoms with Crippen LogP contribution in [0.3, 0.4) is 0 Å². The summed E-state index contributed by atoms with van der Waals surface area (Å²) in [5.41, 5.74) is 6.57. The van der Waals surface area contributed by atoms with E-state index in [0.29, 0.717) is 12.1 Å². The number of carbonyl (C=O) groups excluding carboxylic acids is 1. The molecule has 1 rings (SSSR count). The monoisotopic (exact) mass is 180 g/mol. The van der Waals surface area contributed by atoms with E-state index in [1.165, 1.54) is 0 Å². The van der Waals surface area contributed by atoms with Gasteiger partial charge in [-0.1, -0.05) is 12.1 Å². The quantitative estimate of drug-likeness (QED) is 0.640. The average molecular weight is 180 g/mol. The fourth-order valence-corrected chi connectivity index (χ4v) is 1.08. The number of anilines is 1. The average Bonchev–Trinajstić information content (AvgIpc) is 2.04. The minimum atomic E-state index is -0.582. The lowest BCUT2D eigenvalue weighted by molar-refractivity contribution is 0.259. The van der Waals surface area contributed by atoms with Crippen molar-refractivity contribution in [2.75, 3.05) is 11.9 Å². The Bertz CT molecular complexity index is 299. The largest absolute Gasteiger partial charge is 0.396 e. The van der Waals surface area contributed by atoms with E-state index in [-0.39, 0.29) is 6.61 Å². The summed E-state index contributed by atoms with van der Waals surface area (Å²) in [5, 5.41) is 11.1. The highest BCUT2D eigenvalue weighted by Crippen LogP contribution is 2.10. The molecule has 1 aromatic rings. The Hall–Kier alpha value is -1.55. The predicted octanol–water partition coefficient (Wildman–Crippen LogP) is 0.712. The third kappa shape index (κ3) is 3.13. The first-order valence-electron chi connectivity index (χ1n) is 3.98. The van der Waals surface area contributed by atoms with Crippen LogP contribution in [-0.4, -0.2) is 17.7 Å². The van der Waals surface area contributed by atoms with Crippen molar-refractivity contribution in [1.82, 2.24) is 0 Å². The van der Waals surface area contributed by atoms with Crippen LogP contribution in [0.25, 0.3) is 0 Å². The van der Waals surface area contributed by atoms with Crippen molar-refractivity contribution in [3.63, 3.8) is 0 Å². The number of rotatable bonds is 3. The molecule has 0 saturated carbocycles. The molecule has 4 heteroatoms. The minimum absolute atomic E-state index is 0.0972. The van der Waals surface area contributed by atoms with Crippen molar-refractivity contribution in [3.8, 4) is 0 Å². The first-order valence-corrected chi connectivity index (χ1v) is 3.98. The van der Waals surface area contributed by atoms with Gasteiger partial charge in [-0.3, -0.25) is 0 Å². The van der Waals surface area contributed by atoms with Gasteiger partial charge in [0.2, 0.25) is 0 Å². The number of nitrogens with one attached hydrogen (secondary N) is 1. The summed E-state index contributed by atoms with van der Waals surface area (Å²) in [6.07, 6.45) is 0.578. The van der Waals surface area contributed by atoms with Crippen molar-refractivity contribution in [1.29, 1.82) is 0 Å². The molecule has 0 atom stereocenters. The fraction of sp³-hybridized carbons (Fsp3) is 0.222. The molecule has 1 aromatic carbocycles. The van der Waals surface area contributed by atoms with E-state index in [2.05, 4.69) is 5.32 Å². The van der Waals surface area contributed by atoms with Crippen molar-refractivity contribution in [3.05, 3.63) is 29.8 Å². The fourth-order valence-electron chi connectivity index (χ4n) is 1.08. The summed E-state index contributed by atoms with van der Waals surface area (Å²) in [7, 11) is 0. The van der Waals surface area contributed by atoms with Crippen LogP contribution < -0.4 is 11.1 Å². The van der Waals surface area contributed by atoms with Gasteiger partial charge in [0.15, 0.2) is 0 Å². The van der Waals surface area contributed by atoms with E-state index < -0.39 is 6.03 Å². The number of carbonyl (C=O) groups is 1.